The summed E-state index contributed by atoms with van der Waals surface area (Å²) in [4.78, 5) is 10.1. The van der Waals surface area contributed by atoms with Gasteiger partial charge in [-0.15, -0.1) is 0 Å². The first-order valence-corrected chi connectivity index (χ1v) is 6.02. The van der Waals surface area contributed by atoms with E-state index in [1.54, 1.807) is 0 Å². The largest absolute Gasteiger partial charge is 0.490 e. The zero-order valence-corrected chi connectivity index (χ0v) is 11.0. The van der Waals surface area contributed by atoms with E-state index in [0.29, 0.717) is 6.54 Å². The molecule has 0 spiro atoms. The fourth-order valence-corrected chi connectivity index (χ4v) is 1.78. The molecule has 3 N–H and O–H groups in total. The second-order valence-corrected chi connectivity index (χ2v) is 4.13. The predicted molar refractivity (Wildman–Crippen MR) is 71.0 cm³/mol. The van der Waals surface area contributed by atoms with Crippen LogP contribution < -0.4 is 15.8 Å². The van der Waals surface area contributed by atoms with Gasteiger partial charge in [0, 0.05) is 18.7 Å². The zero-order chi connectivity index (χ0) is 14.4. The van der Waals surface area contributed by atoms with Crippen LogP contribution in [0.5, 0.6) is 5.75 Å². The van der Waals surface area contributed by atoms with E-state index in [-0.39, 0.29) is 17.5 Å². The minimum Gasteiger partial charge on any atom is -0.490 e. The van der Waals surface area contributed by atoms with Crippen molar-refractivity contribution in [2.24, 2.45) is 5.73 Å². The molecule has 1 atom stereocenters. The highest BCUT2D eigenvalue weighted by molar-refractivity contribution is 5.59. The van der Waals surface area contributed by atoms with E-state index in [9.17, 15) is 14.5 Å². The van der Waals surface area contributed by atoms with Gasteiger partial charge in [0.25, 0.3) is 0 Å². The van der Waals surface area contributed by atoms with Gasteiger partial charge in [-0.05, 0) is 6.42 Å². The van der Waals surface area contributed by atoms with Crippen molar-refractivity contribution < 1.29 is 14.1 Å². The minimum absolute atomic E-state index is 0.0150. The van der Waals surface area contributed by atoms with Gasteiger partial charge in [0.1, 0.15) is 0 Å². The highest BCUT2D eigenvalue weighted by atomic mass is 19.1. The van der Waals surface area contributed by atoms with E-state index in [0.717, 1.165) is 18.9 Å². The number of nitrogens with zero attached hydrogens (tertiary/aromatic N) is 1. The van der Waals surface area contributed by atoms with Crippen molar-refractivity contribution in [1.82, 2.24) is 0 Å². The van der Waals surface area contributed by atoms with Gasteiger partial charge < -0.3 is 15.8 Å². The predicted octanol–water partition coefficient (Wildman–Crippen LogP) is 2.28. The lowest BCUT2D eigenvalue weighted by Crippen LogP contribution is -2.29. The number of nitro groups is 1. The molecule has 1 rings (SSSR count). The molecule has 0 heterocycles. The maximum Gasteiger partial charge on any atom is 0.313 e. The lowest BCUT2D eigenvalue weighted by Gasteiger charge is -2.18. The molecule has 0 bridgehead atoms. The molecule has 0 fully saturated rings. The third-order valence-corrected chi connectivity index (χ3v) is 2.75. The van der Waals surface area contributed by atoms with Crippen LogP contribution in [-0.2, 0) is 0 Å². The van der Waals surface area contributed by atoms with Crippen LogP contribution in [0, 0.1) is 15.9 Å². The SMILES string of the molecule is CCCC(CN)Nc1cc(OC)c([N+](=O)[O-])cc1F. The molecule has 0 aliphatic rings. The van der Waals surface area contributed by atoms with Crippen molar-refractivity contribution in [2.75, 3.05) is 19.0 Å². The third-order valence-electron chi connectivity index (χ3n) is 2.75. The first-order valence-electron chi connectivity index (χ1n) is 6.02. The molecule has 0 aliphatic carbocycles. The van der Waals surface area contributed by atoms with Crippen molar-refractivity contribution in [2.45, 2.75) is 25.8 Å². The number of hydrogen-bond acceptors (Lipinski definition) is 5. The molecule has 0 aromatic heterocycles. The smallest absolute Gasteiger partial charge is 0.313 e. The van der Waals surface area contributed by atoms with E-state index in [2.05, 4.69) is 5.32 Å². The molecule has 0 amide bonds. The van der Waals surface area contributed by atoms with E-state index >= 15 is 0 Å². The average Bonchev–Trinajstić information content (AvgIpc) is 2.39. The van der Waals surface area contributed by atoms with Crippen LogP contribution in [0.25, 0.3) is 0 Å². The number of benzene rings is 1. The summed E-state index contributed by atoms with van der Waals surface area (Å²) in [5, 5.41) is 13.7. The molecule has 0 radical (unpaired) electrons. The summed E-state index contributed by atoms with van der Waals surface area (Å²) < 4.78 is 18.7. The number of ether oxygens (including phenoxy) is 1. The Morgan fingerprint density at radius 1 is 1.58 bits per heavy atom. The molecular weight excluding hydrogens is 253 g/mol. The van der Waals surface area contributed by atoms with Crippen LogP contribution in [-0.4, -0.2) is 24.6 Å². The molecule has 7 heteroatoms. The molecule has 0 saturated carbocycles. The standard InChI is InChI=1S/C12H18FN3O3/c1-3-4-8(7-14)15-10-6-12(19-2)11(16(17)18)5-9(10)13/h5-6,8,15H,3-4,7,14H2,1-2H3. The van der Waals surface area contributed by atoms with Gasteiger partial charge in [-0.3, -0.25) is 10.1 Å². The van der Waals surface area contributed by atoms with Crippen LogP contribution in [0.3, 0.4) is 0 Å². The van der Waals surface area contributed by atoms with Gasteiger partial charge in [0.15, 0.2) is 11.6 Å². The van der Waals surface area contributed by atoms with Crippen LogP contribution in [0.4, 0.5) is 15.8 Å². The van der Waals surface area contributed by atoms with Crippen molar-refractivity contribution in [3.8, 4) is 5.75 Å². The van der Waals surface area contributed by atoms with Crippen molar-refractivity contribution in [3.63, 3.8) is 0 Å². The maximum atomic E-state index is 13.8. The highest BCUT2D eigenvalue weighted by Gasteiger charge is 2.20. The average molecular weight is 271 g/mol. The summed E-state index contributed by atoms with van der Waals surface area (Å²) in [7, 11) is 1.30. The quantitative estimate of drug-likeness (QED) is 0.586. The number of methoxy groups -OCH3 is 1. The molecule has 6 nitrogen and oxygen atoms in total. The topological polar surface area (TPSA) is 90.4 Å². The van der Waals surface area contributed by atoms with Gasteiger partial charge in [0.2, 0.25) is 0 Å². The van der Waals surface area contributed by atoms with Gasteiger partial charge in [-0.25, -0.2) is 4.39 Å². The Morgan fingerprint density at radius 2 is 2.26 bits per heavy atom. The van der Waals surface area contributed by atoms with Crippen molar-refractivity contribution in [1.29, 1.82) is 0 Å². The lowest BCUT2D eigenvalue weighted by molar-refractivity contribution is -0.385. The van der Waals surface area contributed by atoms with E-state index in [1.807, 2.05) is 6.92 Å². The lowest BCUT2D eigenvalue weighted by atomic mass is 10.1. The normalized spacial score (nSPS) is 12.0. The van der Waals surface area contributed by atoms with Crippen molar-refractivity contribution in [3.05, 3.63) is 28.1 Å². The molecule has 1 aromatic carbocycles. The molecule has 0 saturated heterocycles. The summed E-state index contributed by atoms with van der Waals surface area (Å²) in [6.45, 7) is 2.35. The number of hydrogen-bond donors (Lipinski definition) is 2. The number of rotatable bonds is 7. The van der Waals surface area contributed by atoms with Gasteiger partial charge in [-0.2, -0.15) is 0 Å². The molecule has 1 unspecified atom stereocenters. The van der Waals surface area contributed by atoms with Gasteiger partial charge >= 0.3 is 5.69 Å². The molecule has 106 valence electrons. The summed E-state index contributed by atoms with van der Waals surface area (Å²) in [6.07, 6.45) is 1.69. The Bertz CT molecular complexity index is 454. The first-order chi connectivity index (χ1) is 9.03. The Hall–Kier alpha value is -1.89. The molecule has 0 aliphatic heterocycles. The zero-order valence-electron chi connectivity index (χ0n) is 11.0. The molecule has 1 aromatic rings. The summed E-state index contributed by atoms with van der Waals surface area (Å²) in [5.74, 6) is -0.678. The van der Waals surface area contributed by atoms with E-state index < -0.39 is 16.4 Å². The van der Waals surface area contributed by atoms with E-state index in [4.69, 9.17) is 10.5 Å². The Labute approximate surface area is 110 Å². The fraction of sp³-hybridized carbons (Fsp3) is 0.500. The monoisotopic (exact) mass is 271 g/mol. The van der Waals surface area contributed by atoms with Crippen LogP contribution >= 0.6 is 0 Å². The van der Waals surface area contributed by atoms with E-state index in [1.165, 1.54) is 13.2 Å². The van der Waals surface area contributed by atoms with Crippen molar-refractivity contribution >= 4 is 11.4 Å². The number of nitrogens with one attached hydrogen (secondary N) is 1. The summed E-state index contributed by atoms with van der Waals surface area (Å²) >= 11 is 0. The number of nitro benzene ring substituents is 1. The van der Waals surface area contributed by atoms with Crippen LogP contribution in [0.15, 0.2) is 12.1 Å². The molecular formula is C12H18FN3O3. The van der Waals surface area contributed by atoms with Crippen LogP contribution in [0.2, 0.25) is 0 Å². The number of nitrogens with two attached hydrogens (primary N) is 1. The van der Waals surface area contributed by atoms with Gasteiger partial charge in [-0.1, -0.05) is 13.3 Å². The Balaban J connectivity index is 3.05. The second-order valence-electron chi connectivity index (χ2n) is 4.13. The van der Waals surface area contributed by atoms with Crippen LogP contribution in [0.1, 0.15) is 19.8 Å². The highest BCUT2D eigenvalue weighted by Crippen LogP contribution is 2.32. The second kappa shape index (κ2) is 6.89. The fourth-order valence-electron chi connectivity index (χ4n) is 1.78. The summed E-state index contributed by atoms with van der Waals surface area (Å²) in [5.41, 5.74) is 5.34. The maximum absolute atomic E-state index is 13.8. The third kappa shape index (κ3) is 3.78. The number of anilines is 1. The Kier molecular flexibility index (Phi) is 5.50. The minimum atomic E-state index is -0.693. The molecule has 19 heavy (non-hydrogen) atoms. The number of halogens is 1. The first kappa shape index (κ1) is 15.2. The van der Waals surface area contributed by atoms with Gasteiger partial charge in [0.05, 0.1) is 23.8 Å². The summed E-state index contributed by atoms with van der Waals surface area (Å²) in [6, 6.07) is 2.05. The Morgan fingerprint density at radius 3 is 2.74 bits per heavy atom.